The standard InChI is InChI=1S/C17H27NO4S2/c1-5-6-8-18(16-7-9-23(19,20)12-16)24(21,22)17-11-14(3)13(2)10-15(17)4/h10-11,16H,5-9,12H2,1-4H3/t16-/m1/s1. The lowest BCUT2D eigenvalue weighted by Crippen LogP contribution is -2.42. The van der Waals surface area contributed by atoms with Crippen LogP contribution in [0.4, 0.5) is 0 Å². The van der Waals surface area contributed by atoms with Crippen molar-refractivity contribution in [1.29, 1.82) is 0 Å². The molecule has 1 aliphatic rings. The van der Waals surface area contributed by atoms with E-state index in [1.54, 1.807) is 13.0 Å². The Morgan fingerprint density at radius 3 is 2.29 bits per heavy atom. The summed E-state index contributed by atoms with van der Waals surface area (Å²) >= 11 is 0. The van der Waals surface area contributed by atoms with Crippen molar-refractivity contribution < 1.29 is 16.8 Å². The molecule has 5 nitrogen and oxygen atoms in total. The quantitative estimate of drug-likeness (QED) is 0.768. The summed E-state index contributed by atoms with van der Waals surface area (Å²) < 4.78 is 51.6. The summed E-state index contributed by atoms with van der Waals surface area (Å²) in [5.74, 6) is 0.00154. The first-order chi connectivity index (χ1) is 11.1. The Labute approximate surface area is 146 Å². The van der Waals surface area contributed by atoms with Gasteiger partial charge in [-0.1, -0.05) is 19.4 Å². The number of unbranched alkanes of at least 4 members (excludes halogenated alkanes) is 1. The Kier molecular flexibility index (Phi) is 5.77. The van der Waals surface area contributed by atoms with Crippen LogP contribution in [0.3, 0.4) is 0 Å². The third kappa shape index (κ3) is 4.00. The first kappa shape index (κ1) is 19.4. The molecule has 1 aromatic rings. The minimum absolute atomic E-state index is 0.0696. The molecule has 0 amide bonds. The van der Waals surface area contributed by atoms with Crippen molar-refractivity contribution in [1.82, 2.24) is 4.31 Å². The number of rotatable bonds is 6. The van der Waals surface area contributed by atoms with Crippen LogP contribution in [0.2, 0.25) is 0 Å². The van der Waals surface area contributed by atoms with Gasteiger partial charge in [0.05, 0.1) is 16.4 Å². The van der Waals surface area contributed by atoms with Crippen molar-refractivity contribution in [2.75, 3.05) is 18.1 Å². The number of benzene rings is 1. The molecule has 1 fully saturated rings. The number of hydrogen-bond acceptors (Lipinski definition) is 4. The lowest BCUT2D eigenvalue weighted by molar-refractivity contribution is 0.335. The van der Waals surface area contributed by atoms with Crippen molar-refractivity contribution in [3.8, 4) is 0 Å². The minimum Gasteiger partial charge on any atom is -0.229 e. The van der Waals surface area contributed by atoms with Gasteiger partial charge in [-0.25, -0.2) is 16.8 Å². The van der Waals surface area contributed by atoms with Crippen LogP contribution in [-0.4, -0.2) is 45.2 Å². The molecule has 0 N–H and O–H groups in total. The smallest absolute Gasteiger partial charge is 0.229 e. The number of nitrogens with zero attached hydrogens (tertiary/aromatic N) is 1. The van der Waals surface area contributed by atoms with Gasteiger partial charge in [0.2, 0.25) is 10.0 Å². The Morgan fingerprint density at radius 2 is 1.75 bits per heavy atom. The lowest BCUT2D eigenvalue weighted by Gasteiger charge is -2.28. The van der Waals surface area contributed by atoms with Crippen molar-refractivity contribution in [2.45, 2.75) is 57.9 Å². The van der Waals surface area contributed by atoms with Crippen LogP contribution in [0.15, 0.2) is 17.0 Å². The Hall–Kier alpha value is -0.920. The maximum absolute atomic E-state index is 13.3. The number of aryl methyl sites for hydroxylation is 3. The van der Waals surface area contributed by atoms with Gasteiger partial charge in [-0.05, 0) is 56.4 Å². The van der Waals surface area contributed by atoms with E-state index in [2.05, 4.69) is 0 Å². The van der Waals surface area contributed by atoms with E-state index >= 15 is 0 Å². The molecule has 136 valence electrons. The Morgan fingerprint density at radius 1 is 1.12 bits per heavy atom. The van der Waals surface area contributed by atoms with Gasteiger partial charge in [0, 0.05) is 12.6 Å². The number of sulfonamides is 1. The molecule has 1 aromatic carbocycles. The van der Waals surface area contributed by atoms with Crippen LogP contribution in [-0.2, 0) is 19.9 Å². The number of sulfone groups is 1. The van der Waals surface area contributed by atoms with Gasteiger partial charge in [-0.15, -0.1) is 0 Å². The van der Waals surface area contributed by atoms with Crippen molar-refractivity contribution in [3.63, 3.8) is 0 Å². The second-order valence-corrected chi connectivity index (χ2v) is 10.8. The maximum atomic E-state index is 13.3. The zero-order valence-corrected chi connectivity index (χ0v) is 16.5. The molecule has 24 heavy (non-hydrogen) atoms. The molecule has 1 heterocycles. The first-order valence-electron chi connectivity index (χ1n) is 8.38. The predicted molar refractivity (Wildman–Crippen MR) is 96.5 cm³/mol. The van der Waals surface area contributed by atoms with Crippen LogP contribution in [0, 0.1) is 20.8 Å². The van der Waals surface area contributed by atoms with Crippen LogP contribution < -0.4 is 0 Å². The summed E-state index contributed by atoms with van der Waals surface area (Å²) in [4.78, 5) is 0.297. The lowest BCUT2D eigenvalue weighted by atomic mass is 10.1. The molecule has 0 unspecified atom stereocenters. The monoisotopic (exact) mass is 373 g/mol. The predicted octanol–water partition coefficient (Wildman–Crippen LogP) is 2.59. The highest BCUT2D eigenvalue weighted by molar-refractivity contribution is 7.92. The van der Waals surface area contributed by atoms with E-state index in [-0.39, 0.29) is 11.5 Å². The van der Waals surface area contributed by atoms with Crippen molar-refractivity contribution >= 4 is 19.9 Å². The highest BCUT2D eigenvalue weighted by atomic mass is 32.2. The van der Waals surface area contributed by atoms with Crippen molar-refractivity contribution in [3.05, 3.63) is 28.8 Å². The largest absolute Gasteiger partial charge is 0.243 e. The fraction of sp³-hybridized carbons (Fsp3) is 0.647. The average Bonchev–Trinajstić information content (AvgIpc) is 2.82. The molecule has 7 heteroatoms. The molecular formula is C17H27NO4S2. The van der Waals surface area contributed by atoms with Crippen LogP contribution in [0.5, 0.6) is 0 Å². The molecule has 0 radical (unpaired) electrons. The molecule has 0 aromatic heterocycles. The van der Waals surface area contributed by atoms with Gasteiger partial charge in [-0.2, -0.15) is 4.31 Å². The summed E-state index contributed by atoms with van der Waals surface area (Å²) in [6.07, 6.45) is 1.96. The van der Waals surface area contributed by atoms with Gasteiger partial charge >= 0.3 is 0 Å². The van der Waals surface area contributed by atoms with E-state index in [1.807, 2.05) is 26.8 Å². The molecule has 0 spiro atoms. The molecule has 0 bridgehead atoms. The molecule has 1 saturated heterocycles. The average molecular weight is 374 g/mol. The van der Waals surface area contributed by atoms with Gasteiger partial charge in [0.25, 0.3) is 0 Å². The first-order valence-corrected chi connectivity index (χ1v) is 11.6. The highest BCUT2D eigenvalue weighted by Gasteiger charge is 2.38. The third-order valence-electron chi connectivity index (χ3n) is 4.73. The second-order valence-electron chi connectivity index (χ2n) is 6.73. The molecule has 0 aliphatic carbocycles. The van der Waals surface area contributed by atoms with Gasteiger partial charge in [-0.3, -0.25) is 0 Å². The molecule has 0 saturated carbocycles. The normalized spacial score (nSPS) is 20.6. The summed E-state index contributed by atoms with van der Waals surface area (Å²) in [6, 6.07) is 3.14. The van der Waals surface area contributed by atoms with Gasteiger partial charge in [0.1, 0.15) is 0 Å². The summed E-state index contributed by atoms with van der Waals surface area (Å²) in [5.41, 5.74) is 2.68. The van der Waals surface area contributed by atoms with Crippen molar-refractivity contribution in [2.24, 2.45) is 0 Å². The van der Waals surface area contributed by atoms with E-state index in [0.717, 1.165) is 24.0 Å². The van der Waals surface area contributed by atoms with E-state index in [9.17, 15) is 16.8 Å². The van der Waals surface area contributed by atoms with Crippen LogP contribution in [0.1, 0.15) is 42.9 Å². The summed E-state index contributed by atoms with van der Waals surface area (Å²) in [6.45, 7) is 8.01. The fourth-order valence-corrected chi connectivity index (χ4v) is 6.96. The van der Waals surface area contributed by atoms with E-state index in [4.69, 9.17) is 0 Å². The second kappa shape index (κ2) is 7.14. The molecule has 1 atom stereocenters. The minimum atomic E-state index is -3.71. The molecule has 2 rings (SSSR count). The zero-order valence-electron chi connectivity index (χ0n) is 14.9. The highest BCUT2D eigenvalue weighted by Crippen LogP contribution is 2.28. The molecule has 1 aliphatic heterocycles. The Bertz CT molecular complexity index is 813. The zero-order chi connectivity index (χ0) is 18.1. The molecular weight excluding hydrogens is 346 g/mol. The van der Waals surface area contributed by atoms with Crippen LogP contribution >= 0.6 is 0 Å². The Balaban J connectivity index is 2.46. The van der Waals surface area contributed by atoms with E-state index in [1.165, 1.54) is 4.31 Å². The topological polar surface area (TPSA) is 71.5 Å². The maximum Gasteiger partial charge on any atom is 0.243 e. The third-order valence-corrected chi connectivity index (χ3v) is 8.57. The summed E-state index contributed by atoms with van der Waals surface area (Å²) in [7, 11) is -6.85. The number of hydrogen-bond donors (Lipinski definition) is 0. The van der Waals surface area contributed by atoms with E-state index < -0.39 is 25.9 Å². The SMILES string of the molecule is CCCCN([C@@H]1CCS(=O)(=O)C1)S(=O)(=O)c1cc(C)c(C)cc1C. The van der Waals surface area contributed by atoms with E-state index in [0.29, 0.717) is 23.4 Å². The van der Waals surface area contributed by atoms with Gasteiger partial charge < -0.3 is 0 Å². The summed E-state index contributed by atoms with van der Waals surface area (Å²) in [5, 5.41) is 0. The van der Waals surface area contributed by atoms with Gasteiger partial charge in [0.15, 0.2) is 9.84 Å². The fourth-order valence-electron chi connectivity index (χ4n) is 3.15. The van der Waals surface area contributed by atoms with Crippen LogP contribution in [0.25, 0.3) is 0 Å².